The summed E-state index contributed by atoms with van der Waals surface area (Å²) in [6, 6.07) is 13.9. The molecule has 0 spiro atoms. The number of piperazine rings is 1. The van der Waals surface area contributed by atoms with Crippen LogP contribution in [0, 0.1) is 6.92 Å². The number of carbonyl (C=O) groups excluding carboxylic acids is 1. The van der Waals surface area contributed by atoms with Crippen molar-refractivity contribution in [2.75, 3.05) is 57.2 Å². The molecule has 6 heteroatoms. The van der Waals surface area contributed by atoms with E-state index in [9.17, 15) is 4.79 Å². The Kier molecular flexibility index (Phi) is 6.06. The molecule has 6 nitrogen and oxygen atoms in total. The normalized spacial score (nSPS) is 14.0. The van der Waals surface area contributed by atoms with Crippen molar-refractivity contribution in [3.8, 4) is 11.5 Å². The van der Waals surface area contributed by atoms with Crippen LogP contribution in [0.25, 0.3) is 0 Å². The van der Waals surface area contributed by atoms with Gasteiger partial charge in [-0.1, -0.05) is 18.2 Å². The van der Waals surface area contributed by atoms with E-state index in [4.69, 9.17) is 9.47 Å². The predicted octanol–water partition coefficient (Wildman–Crippen LogP) is 2.77. The molecule has 1 N–H and O–H groups in total. The van der Waals surface area contributed by atoms with Gasteiger partial charge in [0.25, 0.3) is 0 Å². The predicted molar refractivity (Wildman–Crippen MR) is 108 cm³/mol. The molecule has 27 heavy (non-hydrogen) atoms. The number of nitrogens with zero attached hydrogens (tertiary/aromatic N) is 2. The molecule has 2 aromatic rings. The van der Waals surface area contributed by atoms with Crippen molar-refractivity contribution in [1.29, 1.82) is 0 Å². The van der Waals surface area contributed by atoms with E-state index in [1.54, 1.807) is 14.2 Å². The first kappa shape index (κ1) is 18.9. The monoisotopic (exact) mass is 369 g/mol. The van der Waals surface area contributed by atoms with E-state index in [0.29, 0.717) is 13.1 Å². The molecule has 0 unspecified atom stereocenters. The van der Waals surface area contributed by atoms with Gasteiger partial charge < -0.3 is 24.6 Å². The van der Waals surface area contributed by atoms with E-state index in [2.05, 4.69) is 16.3 Å². The van der Waals surface area contributed by atoms with Gasteiger partial charge in [0.05, 0.1) is 32.1 Å². The van der Waals surface area contributed by atoms with Crippen LogP contribution in [0.2, 0.25) is 0 Å². The highest BCUT2D eigenvalue weighted by Gasteiger charge is 2.22. The number of carbonyl (C=O) groups is 1. The van der Waals surface area contributed by atoms with E-state index in [-0.39, 0.29) is 12.5 Å². The van der Waals surface area contributed by atoms with Gasteiger partial charge in [-0.3, -0.25) is 4.79 Å². The summed E-state index contributed by atoms with van der Waals surface area (Å²) in [7, 11) is 3.32. The molecule has 2 aromatic carbocycles. The van der Waals surface area contributed by atoms with Gasteiger partial charge in [-0.05, 0) is 36.8 Å². The number of benzene rings is 2. The minimum absolute atomic E-state index is 0.0956. The van der Waals surface area contributed by atoms with Gasteiger partial charge in [0.15, 0.2) is 0 Å². The van der Waals surface area contributed by atoms with Crippen LogP contribution in [-0.4, -0.2) is 57.8 Å². The second kappa shape index (κ2) is 8.66. The van der Waals surface area contributed by atoms with Crippen LogP contribution in [0.3, 0.4) is 0 Å². The number of para-hydroxylation sites is 2. The number of methoxy groups -OCH3 is 2. The fraction of sp³-hybridized carbons (Fsp3) is 0.381. The first-order valence-corrected chi connectivity index (χ1v) is 9.16. The molecule has 1 aliphatic rings. The van der Waals surface area contributed by atoms with Gasteiger partial charge in [0.1, 0.15) is 11.5 Å². The molecule has 1 aliphatic heterocycles. The highest BCUT2D eigenvalue weighted by molar-refractivity contribution is 5.82. The highest BCUT2D eigenvalue weighted by atomic mass is 16.5. The SMILES string of the molecule is COc1ccc(C)cc1NCC(=O)N1CCN(c2ccccc2OC)CC1. The van der Waals surface area contributed by atoms with Crippen molar-refractivity contribution in [1.82, 2.24) is 4.90 Å². The second-order valence-electron chi connectivity index (χ2n) is 6.60. The summed E-state index contributed by atoms with van der Waals surface area (Å²) < 4.78 is 10.8. The lowest BCUT2D eigenvalue weighted by molar-refractivity contribution is -0.129. The van der Waals surface area contributed by atoms with Crippen molar-refractivity contribution in [2.24, 2.45) is 0 Å². The lowest BCUT2D eigenvalue weighted by Crippen LogP contribution is -2.50. The van der Waals surface area contributed by atoms with Gasteiger partial charge in [-0.25, -0.2) is 0 Å². The van der Waals surface area contributed by atoms with E-state index in [0.717, 1.165) is 41.5 Å². The zero-order valence-corrected chi connectivity index (χ0v) is 16.2. The van der Waals surface area contributed by atoms with Gasteiger partial charge >= 0.3 is 0 Å². The van der Waals surface area contributed by atoms with Crippen LogP contribution in [0.1, 0.15) is 5.56 Å². The van der Waals surface area contributed by atoms with Crippen molar-refractivity contribution in [2.45, 2.75) is 6.92 Å². The summed E-state index contributed by atoms with van der Waals surface area (Å²) in [4.78, 5) is 16.8. The summed E-state index contributed by atoms with van der Waals surface area (Å²) >= 11 is 0. The molecule has 0 bridgehead atoms. The lowest BCUT2D eigenvalue weighted by Gasteiger charge is -2.36. The van der Waals surface area contributed by atoms with Crippen LogP contribution in [0.15, 0.2) is 42.5 Å². The van der Waals surface area contributed by atoms with Crippen molar-refractivity contribution < 1.29 is 14.3 Å². The van der Waals surface area contributed by atoms with Gasteiger partial charge in [-0.15, -0.1) is 0 Å². The molecule has 3 rings (SSSR count). The molecular formula is C21H27N3O3. The highest BCUT2D eigenvalue weighted by Crippen LogP contribution is 2.28. The molecule has 0 aromatic heterocycles. The molecule has 1 amide bonds. The maximum atomic E-state index is 12.6. The smallest absolute Gasteiger partial charge is 0.241 e. The van der Waals surface area contributed by atoms with Gasteiger partial charge in [0.2, 0.25) is 5.91 Å². The number of hydrogen-bond donors (Lipinski definition) is 1. The Balaban J connectivity index is 1.55. The average Bonchev–Trinajstić information content (AvgIpc) is 2.72. The maximum absolute atomic E-state index is 12.6. The molecule has 0 saturated carbocycles. The molecule has 1 fully saturated rings. The lowest BCUT2D eigenvalue weighted by atomic mass is 10.2. The number of aryl methyl sites for hydroxylation is 1. The first-order chi connectivity index (χ1) is 13.1. The summed E-state index contributed by atoms with van der Waals surface area (Å²) in [5, 5.41) is 3.21. The standard InChI is InChI=1S/C21H27N3O3/c1-16-8-9-19(26-2)17(14-16)22-15-21(25)24-12-10-23(11-13-24)18-6-4-5-7-20(18)27-3/h4-9,14,22H,10-13,15H2,1-3H3. The number of amides is 1. The summed E-state index contributed by atoms with van der Waals surface area (Å²) in [6.07, 6.45) is 0. The summed E-state index contributed by atoms with van der Waals surface area (Å²) in [5.74, 6) is 1.71. The van der Waals surface area contributed by atoms with E-state index in [1.807, 2.05) is 48.2 Å². The Labute approximate surface area is 160 Å². The Hall–Kier alpha value is -2.89. The summed E-state index contributed by atoms with van der Waals surface area (Å²) in [5.41, 5.74) is 3.05. The number of anilines is 2. The molecule has 0 radical (unpaired) electrons. The van der Waals surface area contributed by atoms with Crippen LogP contribution in [0.5, 0.6) is 11.5 Å². The molecule has 0 aliphatic carbocycles. The zero-order chi connectivity index (χ0) is 19.2. The quantitative estimate of drug-likeness (QED) is 0.849. The Morgan fingerprint density at radius 1 is 1.00 bits per heavy atom. The van der Waals surface area contributed by atoms with Crippen LogP contribution >= 0.6 is 0 Å². The summed E-state index contributed by atoms with van der Waals surface area (Å²) in [6.45, 7) is 5.25. The minimum Gasteiger partial charge on any atom is -0.495 e. The average molecular weight is 369 g/mol. The topological polar surface area (TPSA) is 54.0 Å². The third-order valence-corrected chi connectivity index (χ3v) is 4.84. The number of ether oxygens (including phenoxy) is 2. The zero-order valence-electron chi connectivity index (χ0n) is 16.2. The van der Waals surface area contributed by atoms with Crippen LogP contribution < -0.4 is 19.7 Å². The second-order valence-corrected chi connectivity index (χ2v) is 6.60. The molecule has 1 saturated heterocycles. The van der Waals surface area contributed by atoms with Crippen molar-refractivity contribution in [3.05, 3.63) is 48.0 Å². The number of nitrogens with one attached hydrogen (secondary N) is 1. The Morgan fingerprint density at radius 3 is 2.41 bits per heavy atom. The fourth-order valence-corrected chi connectivity index (χ4v) is 3.33. The van der Waals surface area contributed by atoms with E-state index in [1.165, 1.54) is 0 Å². The van der Waals surface area contributed by atoms with Gasteiger partial charge in [-0.2, -0.15) is 0 Å². The number of hydrogen-bond acceptors (Lipinski definition) is 5. The first-order valence-electron chi connectivity index (χ1n) is 9.16. The van der Waals surface area contributed by atoms with Crippen molar-refractivity contribution >= 4 is 17.3 Å². The van der Waals surface area contributed by atoms with Crippen molar-refractivity contribution in [3.63, 3.8) is 0 Å². The molecule has 1 heterocycles. The minimum atomic E-state index is 0.0956. The third-order valence-electron chi connectivity index (χ3n) is 4.84. The molecule has 144 valence electrons. The molecule has 0 atom stereocenters. The van der Waals surface area contributed by atoms with Gasteiger partial charge in [0, 0.05) is 26.2 Å². The number of rotatable bonds is 6. The molecular weight excluding hydrogens is 342 g/mol. The van der Waals surface area contributed by atoms with Crippen LogP contribution in [0.4, 0.5) is 11.4 Å². The largest absolute Gasteiger partial charge is 0.495 e. The Morgan fingerprint density at radius 2 is 1.70 bits per heavy atom. The van der Waals surface area contributed by atoms with E-state index < -0.39 is 0 Å². The third kappa shape index (κ3) is 4.45. The Bertz CT molecular complexity index is 786. The fourth-order valence-electron chi connectivity index (χ4n) is 3.33. The maximum Gasteiger partial charge on any atom is 0.241 e. The van der Waals surface area contributed by atoms with E-state index >= 15 is 0 Å². The van der Waals surface area contributed by atoms with Crippen LogP contribution in [-0.2, 0) is 4.79 Å².